The molecular weight excluding hydrogens is 332 g/mol. The molecule has 4 aromatic rings. The number of amides is 1. The summed E-state index contributed by atoms with van der Waals surface area (Å²) >= 11 is 0. The number of para-hydroxylation sites is 1. The summed E-state index contributed by atoms with van der Waals surface area (Å²) in [4.78, 5) is 24.7. The second-order valence-electron chi connectivity index (χ2n) is 5.80. The maximum absolute atomic E-state index is 12.4. The summed E-state index contributed by atoms with van der Waals surface area (Å²) in [6.07, 6.45) is 1.60. The summed E-state index contributed by atoms with van der Waals surface area (Å²) in [5.74, 6) is 0.0191. The van der Waals surface area contributed by atoms with E-state index in [1.807, 2.05) is 18.2 Å². The van der Waals surface area contributed by atoms with Gasteiger partial charge in [-0.2, -0.15) is 0 Å². The van der Waals surface area contributed by atoms with Crippen molar-refractivity contribution in [1.29, 1.82) is 0 Å². The standard InChI is InChI=1S/C19H14N4O3/c1-23-11-17(21-22-23)20-18(24)14-7-4-6-12(9-14)15-10-13-5-2-3-8-16(13)26-19(15)25/h2-11H,1H3,(H,20,24). The molecule has 0 bridgehead atoms. The van der Waals surface area contributed by atoms with Crippen molar-refractivity contribution in [2.75, 3.05) is 5.32 Å². The van der Waals surface area contributed by atoms with E-state index in [1.54, 1.807) is 49.6 Å². The second kappa shape index (κ2) is 6.29. The molecule has 128 valence electrons. The quantitative estimate of drug-likeness (QED) is 0.576. The zero-order chi connectivity index (χ0) is 18.1. The van der Waals surface area contributed by atoms with Crippen molar-refractivity contribution in [1.82, 2.24) is 15.0 Å². The van der Waals surface area contributed by atoms with Gasteiger partial charge in [-0.1, -0.05) is 35.5 Å². The van der Waals surface area contributed by atoms with Crippen molar-refractivity contribution in [3.05, 3.63) is 76.8 Å². The molecule has 0 aliphatic rings. The second-order valence-corrected chi connectivity index (χ2v) is 5.80. The number of anilines is 1. The fourth-order valence-electron chi connectivity index (χ4n) is 2.68. The molecule has 0 unspecified atom stereocenters. The molecule has 0 spiro atoms. The minimum Gasteiger partial charge on any atom is -0.422 e. The average Bonchev–Trinajstić information content (AvgIpc) is 3.06. The van der Waals surface area contributed by atoms with Crippen LogP contribution in [-0.2, 0) is 7.05 Å². The fourth-order valence-corrected chi connectivity index (χ4v) is 2.68. The fraction of sp³-hybridized carbons (Fsp3) is 0.0526. The number of fused-ring (bicyclic) bond motifs is 1. The van der Waals surface area contributed by atoms with Gasteiger partial charge >= 0.3 is 5.63 Å². The highest BCUT2D eigenvalue weighted by molar-refractivity contribution is 6.04. The summed E-state index contributed by atoms with van der Waals surface area (Å²) < 4.78 is 6.86. The minimum atomic E-state index is -0.449. The minimum absolute atomic E-state index is 0.336. The van der Waals surface area contributed by atoms with Gasteiger partial charge in [0.25, 0.3) is 5.91 Å². The van der Waals surface area contributed by atoms with Crippen LogP contribution in [0.25, 0.3) is 22.1 Å². The van der Waals surface area contributed by atoms with E-state index in [-0.39, 0.29) is 5.91 Å². The Bertz CT molecular complexity index is 1180. The number of carbonyl (C=O) groups is 1. The molecule has 0 aliphatic carbocycles. The van der Waals surface area contributed by atoms with Crippen LogP contribution in [0, 0.1) is 0 Å². The Morgan fingerprint density at radius 3 is 2.77 bits per heavy atom. The van der Waals surface area contributed by atoms with E-state index >= 15 is 0 Å². The Kier molecular flexibility index (Phi) is 3.81. The average molecular weight is 346 g/mol. The van der Waals surface area contributed by atoms with Gasteiger partial charge < -0.3 is 9.73 Å². The monoisotopic (exact) mass is 346 g/mol. The molecule has 0 atom stereocenters. The first-order chi connectivity index (χ1) is 12.6. The van der Waals surface area contributed by atoms with Gasteiger partial charge in [-0.3, -0.25) is 9.48 Å². The summed E-state index contributed by atoms with van der Waals surface area (Å²) in [5, 5.41) is 11.1. The van der Waals surface area contributed by atoms with Gasteiger partial charge in [0.1, 0.15) is 5.58 Å². The number of hydrogen-bond acceptors (Lipinski definition) is 5. The highest BCUT2D eigenvalue weighted by Crippen LogP contribution is 2.22. The molecule has 2 aromatic heterocycles. The first-order valence-corrected chi connectivity index (χ1v) is 7.91. The number of rotatable bonds is 3. The normalized spacial score (nSPS) is 10.8. The summed E-state index contributed by atoms with van der Waals surface area (Å²) in [5.41, 5.74) is 1.49. The van der Waals surface area contributed by atoms with Crippen molar-refractivity contribution in [2.45, 2.75) is 0 Å². The number of nitrogens with zero attached hydrogens (tertiary/aromatic N) is 3. The molecule has 0 saturated heterocycles. The van der Waals surface area contributed by atoms with E-state index < -0.39 is 5.63 Å². The van der Waals surface area contributed by atoms with E-state index in [1.165, 1.54) is 4.68 Å². The van der Waals surface area contributed by atoms with Gasteiger partial charge in [-0.05, 0) is 29.8 Å². The summed E-state index contributed by atoms with van der Waals surface area (Å²) in [7, 11) is 1.71. The number of aromatic nitrogens is 3. The van der Waals surface area contributed by atoms with Crippen LogP contribution in [0.3, 0.4) is 0 Å². The molecule has 0 aliphatic heterocycles. The maximum Gasteiger partial charge on any atom is 0.344 e. The number of carbonyl (C=O) groups excluding carboxylic acids is 1. The van der Waals surface area contributed by atoms with E-state index in [9.17, 15) is 9.59 Å². The SMILES string of the molecule is Cn1cc(NC(=O)c2cccc(-c3cc4ccccc4oc3=O)c2)nn1. The molecule has 26 heavy (non-hydrogen) atoms. The van der Waals surface area contributed by atoms with Crippen LogP contribution < -0.4 is 10.9 Å². The molecule has 7 heteroatoms. The van der Waals surface area contributed by atoms with Gasteiger partial charge in [0, 0.05) is 18.0 Å². The Labute approximate surface area is 147 Å². The van der Waals surface area contributed by atoms with Crippen molar-refractivity contribution in [2.24, 2.45) is 7.05 Å². The molecular formula is C19H14N4O3. The third-order valence-electron chi connectivity index (χ3n) is 3.92. The number of nitrogens with one attached hydrogen (secondary N) is 1. The van der Waals surface area contributed by atoms with E-state index in [4.69, 9.17) is 4.42 Å². The smallest absolute Gasteiger partial charge is 0.344 e. The lowest BCUT2D eigenvalue weighted by atomic mass is 10.0. The summed E-state index contributed by atoms with van der Waals surface area (Å²) in [6, 6.07) is 15.8. The van der Waals surface area contributed by atoms with Crippen molar-refractivity contribution >= 4 is 22.7 Å². The molecule has 0 saturated carbocycles. The highest BCUT2D eigenvalue weighted by atomic mass is 16.4. The van der Waals surface area contributed by atoms with Crippen molar-refractivity contribution in [3.8, 4) is 11.1 Å². The van der Waals surface area contributed by atoms with Crippen molar-refractivity contribution < 1.29 is 9.21 Å². The lowest BCUT2D eigenvalue weighted by Crippen LogP contribution is -2.12. The molecule has 2 aromatic carbocycles. The van der Waals surface area contributed by atoms with Gasteiger partial charge in [0.2, 0.25) is 0 Å². The molecule has 4 rings (SSSR count). The first-order valence-electron chi connectivity index (χ1n) is 7.91. The third kappa shape index (κ3) is 2.98. The third-order valence-corrected chi connectivity index (χ3v) is 3.92. The Morgan fingerprint density at radius 2 is 1.96 bits per heavy atom. The predicted molar refractivity (Wildman–Crippen MR) is 96.9 cm³/mol. The zero-order valence-electron chi connectivity index (χ0n) is 13.8. The van der Waals surface area contributed by atoms with Crippen LogP contribution in [-0.4, -0.2) is 20.9 Å². The zero-order valence-corrected chi connectivity index (χ0v) is 13.8. The Balaban J connectivity index is 1.70. The van der Waals surface area contributed by atoms with Crippen LogP contribution in [0.1, 0.15) is 10.4 Å². The van der Waals surface area contributed by atoms with Gasteiger partial charge in [0.15, 0.2) is 5.82 Å². The van der Waals surface area contributed by atoms with Crippen LogP contribution in [0.4, 0.5) is 5.82 Å². The van der Waals surface area contributed by atoms with Crippen LogP contribution in [0.15, 0.2) is 70.0 Å². The number of benzene rings is 2. The predicted octanol–water partition coefficient (Wildman–Crippen LogP) is 2.84. The lowest BCUT2D eigenvalue weighted by Gasteiger charge is -2.06. The molecule has 0 fully saturated rings. The molecule has 7 nitrogen and oxygen atoms in total. The van der Waals surface area contributed by atoms with Crippen LogP contribution >= 0.6 is 0 Å². The maximum atomic E-state index is 12.4. The van der Waals surface area contributed by atoms with Gasteiger partial charge in [-0.15, -0.1) is 5.10 Å². The molecule has 0 radical (unpaired) electrons. The van der Waals surface area contributed by atoms with Crippen molar-refractivity contribution in [3.63, 3.8) is 0 Å². The largest absolute Gasteiger partial charge is 0.422 e. The van der Waals surface area contributed by atoms with E-state index in [0.29, 0.717) is 28.1 Å². The molecule has 2 heterocycles. The van der Waals surface area contributed by atoms with E-state index in [2.05, 4.69) is 15.6 Å². The van der Waals surface area contributed by atoms with Crippen LogP contribution in [0.5, 0.6) is 0 Å². The van der Waals surface area contributed by atoms with Gasteiger partial charge in [-0.25, -0.2) is 4.79 Å². The molecule has 1 N–H and O–H groups in total. The van der Waals surface area contributed by atoms with E-state index in [0.717, 1.165) is 5.39 Å². The Hall–Kier alpha value is -3.74. The first kappa shape index (κ1) is 15.8. The molecule has 1 amide bonds. The summed E-state index contributed by atoms with van der Waals surface area (Å²) in [6.45, 7) is 0. The highest BCUT2D eigenvalue weighted by Gasteiger charge is 2.12. The Morgan fingerprint density at radius 1 is 1.12 bits per heavy atom. The lowest BCUT2D eigenvalue weighted by molar-refractivity contribution is 0.102. The van der Waals surface area contributed by atoms with Gasteiger partial charge in [0.05, 0.1) is 11.8 Å². The topological polar surface area (TPSA) is 90.0 Å². The number of hydrogen-bond donors (Lipinski definition) is 1. The van der Waals surface area contributed by atoms with Crippen LogP contribution in [0.2, 0.25) is 0 Å². The number of aryl methyl sites for hydroxylation is 1.